The van der Waals surface area contributed by atoms with E-state index in [1.807, 2.05) is 0 Å². The van der Waals surface area contributed by atoms with Crippen molar-refractivity contribution in [2.75, 3.05) is 6.61 Å². The van der Waals surface area contributed by atoms with E-state index in [0.29, 0.717) is 6.29 Å². The lowest BCUT2D eigenvalue weighted by atomic mass is 10.0. The smallest absolute Gasteiger partial charge is 0.310 e. The van der Waals surface area contributed by atoms with E-state index in [4.69, 9.17) is 16.3 Å². The second-order valence-corrected chi connectivity index (χ2v) is 3.76. The molecular formula is C11H10ClNO5. The fourth-order valence-electron chi connectivity index (χ4n) is 1.40. The van der Waals surface area contributed by atoms with E-state index < -0.39 is 10.9 Å². The van der Waals surface area contributed by atoms with Crippen molar-refractivity contribution in [1.82, 2.24) is 0 Å². The van der Waals surface area contributed by atoms with Gasteiger partial charge in [0, 0.05) is 17.7 Å². The van der Waals surface area contributed by atoms with Crippen molar-refractivity contribution in [2.45, 2.75) is 13.3 Å². The van der Waals surface area contributed by atoms with Gasteiger partial charge in [0.2, 0.25) is 0 Å². The number of nitro benzene ring substituents is 1. The van der Waals surface area contributed by atoms with Crippen LogP contribution < -0.4 is 0 Å². The van der Waals surface area contributed by atoms with Crippen molar-refractivity contribution in [3.8, 4) is 0 Å². The van der Waals surface area contributed by atoms with E-state index in [1.165, 1.54) is 0 Å². The van der Waals surface area contributed by atoms with Crippen LogP contribution in [0.25, 0.3) is 0 Å². The summed E-state index contributed by atoms with van der Waals surface area (Å²) >= 11 is 5.83. The van der Waals surface area contributed by atoms with E-state index in [9.17, 15) is 19.7 Å². The first kappa shape index (κ1) is 14.1. The molecule has 0 unspecified atom stereocenters. The number of halogens is 1. The van der Waals surface area contributed by atoms with Crippen molar-refractivity contribution in [3.05, 3.63) is 38.4 Å². The highest BCUT2D eigenvalue weighted by Gasteiger charge is 2.17. The average Bonchev–Trinajstić information content (AvgIpc) is 2.31. The van der Waals surface area contributed by atoms with Crippen LogP contribution in [0.5, 0.6) is 0 Å². The first-order valence-electron chi connectivity index (χ1n) is 5.07. The highest BCUT2D eigenvalue weighted by Crippen LogP contribution is 2.26. The molecule has 18 heavy (non-hydrogen) atoms. The fraction of sp³-hybridized carbons (Fsp3) is 0.273. The number of esters is 1. The molecule has 0 saturated heterocycles. The Bertz CT molecular complexity index is 500. The van der Waals surface area contributed by atoms with Crippen molar-refractivity contribution >= 4 is 29.5 Å². The normalized spacial score (nSPS) is 9.89. The number of ether oxygens (including phenoxy) is 1. The Labute approximate surface area is 108 Å². The molecule has 0 heterocycles. The van der Waals surface area contributed by atoms with Crippen molar-refractivity contribution in [2.24, 2.45) is 0 Å². The van der Waals surface area contributed by atoms with Crippen molar-refractivity contribution in [3.63, 3.8) is 0 Å². The van der Waals surface area contributed by atoms with Crippen LogP contribution >= 0.6 is 11.6 Å². The summed E-state index contributed by atoms with van der Waals surface area (Å²) in [6.07, 6.45) is 0.228. The first-order chi connectivity index (χ1) is 8.49. The molecule has 6 nitrogen and oxygen atoms in total. The molecular weight excluding hydrogens is 262 g/mol. The molecule has 0 saturated carbocycles. The zero-order valence-corrected chi connectivity index (χ0v) is 10.3. The fourth-order valence-corrected chi connectivity index (χ4v) is 1.68. The van der Waals surface area contributed by atoms with Gasteiger partial charge in [-0.15, -0.1) is 0 Å². The molecule has 0 aliphatic rings. The summed E-state index contributed by atoms with van der Waals surface area (Å²) in [5, 5.41) is 10.6. The molecule has 0 radical (unpaired) electrons. The summed E-state index contributed by atoms with van der Waals surface area (Å²) in [7, 11) is 0. The minimum Gasteiger partial charge on any atom is -0.466 e. The predicted octanol–water partition coefficient (Wildman–Crippen LogP) is 2.17. The van der Waals surface area contributed by atoms with Gasteiger partial charge >= 0.3 is 5.97 Å². The number of hydrogen-bond donors (Lipinski definition) is 0. The number of carbonyl (C=O) groups is 2. The number of hydrogen-bond acceptors (Lipinski definition) is 5. The third-order valence-corrected chi connectivity index (χ3v) is 2.52. The third kappa shape index (κ3) is 3.27. The van der Waals surface area contributed by atoms with Crippen molar-refractivity contribution < 1.29 is 19.2 Å². The molecule has 0 spiro atoms. The number of non-ortho nitro benzene ring substituents is 1. The van der Waals surface area contributed by atoms with E-state index in [1.54, 1.807) is 6.92 Å². The molecule has 0 aromatic heterocycles. The molecule has 0 aliphatic carbocycles. The molecule has 1 rings (SSSR count). The van der Waals surface area contributed by atoms with E-state index in [0.717, 1.165) is 12.1 Å². The van der Waals surface area contributed by atoms with Gasteiger partial charge in [-0.05, 0) is 12.5 Å². The molecule has 0 amide bonds. The third-order valence-electron chi connectivity index (χ3n) is 2.18. The summed E-state index contributed by atoms with van der Waals surface area (Å²) in [4.78, 5) is 32.1. The first-order valence-corrected chi connectivity index (χ1v) is 5.45. The van der Waals surface area contributed by atoms with Gasteiger partial charge in [0.05, 0.1) is 23.0 Å². The summed E-state index contributed by atoms with van der Waals surface area (Å²) in [5.41, 5.74) is -0.0484. The lowest BCUT2D eigenvalue weighted by Crippen LogP contribution is -2.10. The quantitative estimate of drug-likeness (QED) is 0.354. The Kier molecular flexibility index (Phi) is 4.79. The Morgan fingerprint density at radius 3 is 2.72 bits per heavy atom. The molecule has 96 valence electrons. The highest BCUT2D eigenvalue weighted by molar-refractivity contribution is 6.32. The van der Waals surface area contributed by atoms with Crippen LogP contribution in [-0.2, 0) is 16.0 Å². The molecule has 0 aliphatic heterocycles. The summed E-state index contributed by atoms with van der Waals surface area (Å²) in [6.45, 7) is 1.86. The summed E-state index contributed by atoms with van der Waals surface area (Å²) in [5.74, 6) is -0.545. The second kappa shape index (κ2) is 6.11. The lowest BCUT2D eigenvalue weighted by molar-refractivity contribution is -0.384. The zero-order chi connectivity index (χ0) is 13.7. The minimum atomic E-state index is -0.660. The number of aldehydes is 1. The Balaban J connectivity index is 3.15. The van der Waals surface area contributed by atoms with Crippen LogP contribution in [0.4, 0.5) is 5.69 Å². The number of carbonyl (C=O) groups excluding carboxylic acids is 2. The number of rotatable bonds is 5. The molecule has 0 bridgehead atoms. The lowest BCUT2D eigenvalue weighted by Gasteiger charge is -2.07. The van der Waals surface area contributed by atoms with Crippen LogP contribution in [0.1, 0.15) is 22.8 Å². The molecule has 7 heteroatoms. The van der Waals surface area contributed by atoms with Gasteiger partial charge in [-0.25, -0.2) is 0 Å². The van der Waals surface area contributed by atoms with E-state index in [-0.39, 0.29) is 34.9 Å². The van der Waals surface area contributed by atoms with Gasteiger partial charge in [-0.1, -0.05) is 11.6 Å². The topological polar surface area (TPSA) is 86.5 Å². The van der Waals surface area contributed by atoms with Gasteiger partial charge in [-0.2, -0.15) is 0 Å². The molecule has 0 fully saturated rings. The van der Waals surface area contributed by atoms with Gasteiger partial charge in [0.15, 0.2) is 6.29 Å². The number of benzene rings is 1. The maximum Gasteiger partial charge on any atom is 0.310 e. The molecule has 0 atom stereocenters. The van der Waals surface area contributed by atoms with Crippen LogP contribution in [0.3, 0.4) is 0 Å². The Morgan fingerprint density at radius 2 is 2.22 bits per heavy atom. The SMILES string of the molecule is CCOC(=O)Cc1c(Cl)cc([N+](=O)[O-])cc1C=O. The maximum atomic E-state index is 11.3. The molecule has 1 aromatic carbocycles. The standard InChI is InChI=1S/C11H10ClNO5/c1-2-18-11(15)5-9-7(6-14)3-8(13(16)17)4-10(9)12/h3-4,6H,2,5H2,1H3. The monoisotopic (exact) mass is 271 g/mol. The van der Waals surface area contributed by atoms with Crippen LogP contribution in [0.2, 0.25) is 5.02 Å². The van der Waals surface area contributed by atoms with Gasteiger partial charge < -0.3 is 4.74 Å². The van der Waals surface area contributed by atoms with Gasteiger partial charge in [0.25, 0.3) is 5.69 Å². The highest BCUT2D eigenvalue weighted by atomic mass is 35.5. The second-order valence-electron chi connectivity index (χ2n) is 3.35. The molecule has 1 aromatic rings. The Morgan fingerprint density at radius 1 is 1.56 bits per heavy atom. The summed E-state index contributed by atoms with van der Waals surface area (Å²) < 4.78 is 4.73. The predicted molar refractivity (Wildman–Crippen MR) is 63.8 cm³/mol. The number of nitrogens with zero attached hydrogens (tertiary/aromatic N) is 1. The van der Waals surface area contributed by atoms with Gasteiger partial charge in [-0.3, -0.25) is 19.7 Å². The van der Waals surface area contributed by atoms with E-state index in [2.05, 4.69) is 0 Å². The van der Waals surface area contributed by atoms with Crippen molar-refractivity contribution in [1.29, 1.82) is 0 Å². The zero-order valence-electron chi connectivity index (χ0n) is 9.51. The Hall–Kier alpha value is -1.95. The van der Waals surface area contributed by atoms with E-state index >= 15 is 0 Å². The summed E-state index contributed by atoms with van der Waals surface area (Å²) in [6, 6.07) is 2.18. The van der Waals surface area contributed by atoms with Crippen LogP contribution in [0, 0.1) is 10.1 Å². The van der Waals surface area contributed by atoms with Gasteiger partial charge in [0.1, 0.15) is 0 Å². The average molecular weight is 272 g/mol. The molecule has 0 N–H and O–H groups in total. The number of nitro groups is 1. The largest absolute Gasteiger partial charge is 0.466 e. The van der Waals surface area contributed by atoms with Crippen LogP contribution in [0.15, 0.2) is 12.1 Å². The van der Waals surface area contributed by atoms with Crippen LogP contribution in [-0.4, -0.2) is 23.8 Å². The maximum absolute atomic E-state index is 11.3. The minimum absolute atomic E-state index is 0.000599.